The Bertz CT molecular complexity index is 489. The molecule has 0 aromatic heterocycles. The van der Waals surface area contributed by atoms with E-state index in [4.69, 9.17) is 0 Å². The number of hydrogen-bond acceptors (Lipinski definition) is 3. The molecule has 19 heavy (non-hydrogen) atoms. The Morgan fingerprint density at radius 1 is 1.53 bits per heavy atom. The highest BCUT2D eigenvalue weighted by Crippen LogP contribution is 2.28. The lowest BCUT2D eigenvalue weighted by atomic mass is 9.89. The number of nitrogens with zero attached hydrogens (tertiary/aromatic N) is 1. The second-order valence-electron chi connectivity index (χ2n) is 4.64. The number of methoxy groups -OCH3 is 1. The van der Waals surface area contributed by atoms with Crippen molar-refractivity contribution in [3.8, 4) is 0 Å². The van der Waals surface area contributed by atoms with Crippen molar-refractivity contribution in [1.29, 1.82) is 0 Å². The summed E-state index contributed by atoms with van der Waals surface area (Å²) in [4.78, 5) is 24.6. The van der Waals surface area contributed by atoms with Gasteiger partial charge in [-0.2, -0.15) is 0 Å². The van der Waals surface area contributed by atoms with Crippen molar-refractivity contribution < 1.29 is 18.7 Å². The van der Waals surface area contributed by atoms with Crippen LogP contribution >= 0.6 is 0 Å². The van der Waals surface area contributed by atoms with Gasteiger partial charge >= 0.3 is 5.97 Å². The SMILES string of the molecule is COC(=O)CN1CCC(c2cccc(F)c2)CC1=O. The summed E-state index contributed by atoms with van der Waals surface area (Å²) < 4.78 is 17.7. The molecule has 102 valence electrons. The lowest BCUT2D eigenvalue weighted by Crippen LogP contribution is -2.41. The van der Waals surface area contributed by atoms with E-state index in [1.54, 1.807) is 6.07 Å². The third kappa shape index (κ3) is 3.30. The van der Waals surface area contributed by atoms with Crippen molar-refractivity contribution in [2.45, 2.75) is 18.8 Å². The Balaban J connectivity index is 2.00. The third-order valence-corrected chi connectivity index (χ3v) is 3.39. The average Bonchev–Trinajstić information content (AvgIpc) is 2.41. The molecule has 1 heterocycles. The average molecular weight is 265 g/mol. The molecule has 1 aliphatic rings. The van der Waals surface area contributed by atoms with E-state index in [-0.39, 0.29) is 24.2 Å². The first-order chi connectivity index (χ1) is 9.10. The van der Waals surface area contributed by atoms with E-state index in [9.17, 15) is 14.0 Å². The number of carbonyl (C=O) groups is 2. The lowest BCUT2D eigenvalue weighted by Gasteiger charge is -2.31. The molecule has 0 bridgehead atoms. The first kappa shape index (κ1) is 13.5. The van der Waals surface area contributed by atoms with Crippen LogP contribution in [0.3, 0.4) is 0 Å². The number of piperidine rings is 1. The second kappa shape index (κ2) is 5.82. The van der Waals surface area contributed by atoms with E-state index < -0.39 is 5.97 Å². The minimum Gasteiger partial charge on any atom is -0.468 e. The van der Waals surface area contributed by atoms with Crippen LogP contribution < -0.4 is 0 Å². The summed E-state index contributed by atoms with van der Waals surface area (Å²) in [5.74, 6) is -0.775. The Labute approximate surface area is 111 Å². The van der Waals surface area contributed by atoms with Crippen molar-refractivity contribution in [2.24, 2.45) is 0 Å². The number of esters is 1. The zero-order valence-corrected chi connectivity index (χ0v) is 10.8. The fourth-order valence-corrected chi connectivity index (χ4v) is 2.31. The van der Waals surface area contributed by atoms with Crippen LogP contribution in [0.2, 0.25) is 0 Å². The van der Waals surface area contributed by atoms with Crippen LogP contribution in [0, 0.1) is 5.82 Å². The minimum atomic E-state index is -0.419. The molecule has 1 unspecified atom stereocenters. The van der Waals surface area contributed by atoms with E-state index in [1.807, 2.05) is 6.07 Å². The second-order valence-corrected chi connectivity index (χ2v) is 4.64. The highest BCUT2D eigenvalue weighted by atomic mass is 19.1. The standard InChI is InChI=1S/C14H16FNO3/c1-19-14(18)9-16-6-5-11(8-13(16)17)10-3-2-4-12(15)7-10/h2-4,7,11H,5-6,8-9H2,1H3. The molecule has 1 atom stereocenters. The van der Waals surface area contributed by atoms with Crippen LogP contribution in [0.25, 0.3) is 0 Å². The molecule has 0 aliphatic carbocycles. The monoisotopic (exact) mass is 265 g/mol. The molecule has 1 saturated heterocycles. The number of ether oxygens (including phenoxy) is 1. The van der Waals surface area contributed by atoms with Gasteiger partial charge in [0.2, 0.25) is 5.91 Å². The van der Waals surface area contributed by atoms with Gasteiger partial charge in [0.1, 0.15) is 12.4 Å². The van der Waals surface area contributed by atoms with Gasteiger partial charge in [0, 0.05) is 13.0 Å². The molecule has 0 N–H and O–H groups in total. The van der Waals surface area contributed by atoms with Gasteiger partial charge in [0.05, 0.1) is 7.11 Å². The zero-order valence-electron chi connectivity index (χ0n) is 10.8. The first-order valence-corrected chi connectivity index (χ1v) is 6.20. The lowest BCUT2D eigenvalue weighted by molar-refractivity contribution is -0.148. The molecule has 1 fully saturated rings. The smallest absolute Gasteiger partial charge is 0.325 e. The minimum absolute atomic E-state index is 0.00873. The molecule has 1 amide bonds. The van der Waals surface area contributed by atoms with E-state index in [0.717, 1.165) is 12.0 Å². The first-order valence-electron chi connectivity index (χ1n) is 6.20. The van der Waals surface area contributed by atoms with Crippen molar-refractivity contribution in [3.05, 3.63) is 35.6 Å². The summed E-state index contributed by atoms with van der Waals surface area (Å²) in [5, 5.41) is 0. The van der Waals surface area contributed by atoms with Crippen molar-refractivity contribution in [2.75, 3.05) is 20.2 Å². The summed E-state index contributed by atoms with van der Waals surface area (Å²) in [5.41, 5.74) is 0.839. The van der Waals surface area contributed by atoms with Gasteiger partial charge in [0.25, 0.3) is 0 Å². The highest BCUT2D eigenvalue weighted by molar-refractivity contribution is 5.83. The normalized spacial score (nSPS) is 19.4. The molecule has 1 aromatic rings. The van der Waals surface area contributed by atoms with Crippen LogP contribution in [-0.2, 0) is 14.3 Å². The predicted octanol–water partition coefficient (Wildman–Crippen LogP) is 1.70. The van der Waals surface area contributed by atoms with Gasteiger partial charge < -0.3 is 9.64 Å². The van der Waals surface area contributed by atoms with Gasteiger partial charge in [-0.1, -0.05) is 12.1 Å². The Morgan fingerprint density at radius 2 is 2.32 bits per heavy atom. The summed E-state index contributed by atoms with van der Waals surface area (Å²) in [6.45, 7) is 0.486. The van der Waals surface area contributed by atoms with Gasteiger partial charge in [-0.15, -0.1) is 0 Å². The van der Waals surface area contributed by atoms with Crippen LogP contribution in [0.5, 0.6) is 0 Å². The van der Waals surface area contributed by atoms with E-state index >= 15 is 0 Å². The summed E-state index contributed by atoms with van der Waals surface area (Å²) in [6, 6.07) is 6.33. The predicted molar refractivity (Wildman–Crippen MR) is 67.0 cm³/mol. The van der Waals surface area contributed by atoms with Gasteiger partial charge in [-0.25, -0.2) is 4.39 Å². The molecule has 0 radical (unpaired) electrons. The number of hydrogen-bond donors (Lipinski definition) is 0. The van der Waals surface area contributed by atoms with E-state index in [0.29, 0.717) is 13.0 Å². The van der Waals surface area contributed by atoms with Crippen molar-refractivity contribution in [1.82, 2.24) is 4.90 Å². The number of amides is 1. The Morgan fingerprint density at radius 3 is 2.95 bits per heavy atom. The van der Waals surface area contributed by atoms with Gasteiger partial charge in [0.15, 0.2) is 0 Å². The maximum Gasteiger partial charge on any atom is 0.325 e. The fraction of sp³-hybridized carbons (Fsp3) is 0.429. The quantitative estimate of drug-likeness (QED) is 0.782. The van der Waals surface area contributed by atoms with Crippen LogP contribution in [0.15, 0.2) is 24.3 Å². The maximum atomic E-state index is 13.2. The van der Waals surface area contributed by atoms with E-state index in [2.05, 4.69) is 4.74 Å². The van der Waals surface area contributed by atoms with Crippen LogP contribution in [0.4, 0.5) is 4.39 Å². The molecular weight excluding hydrogens is 249 g/mol. The number of likely N-dealkylation sites (tertiary alicyclic amines) is 1. The Kier molecular flexibility index (Phi) is 4.14. The van der Waals surface area contributed by atoms with Crippen molar-refractivity contribution in [3.63, 3.8) is 0 Å². The largest absolute Gasteiger partial charge is 0.468 e. The molecule has 1 aromatic carbocycles. The topological polar surface area (TPSA) is 46.6 Å². The molecule has 5 heteroatoms. The number of rotatable bonds is 3. The summed E-state index contributed by atoms with van der Waals surface area (Å²) >= 11 is 0. The van der Waals surface area contributed by atoms with Crippen LogP contribution in [-0.4, -0.2) is 37.0 Å². The number of halogens is 1. The van der Waals surface area contributed by atoms with Crippen molar-refractivity contribution >= 4 is 11.9 Å². The van der Waals surface area contributed by atoms with E-state index in [1.165, 1.54) is 24.1 Å². The fourth-order valence-electron chi connectivity index (χ4n) is 2.31. The number of benzene rings is 1. The molecule has 1 aliphatic heterocycles. The molecule has 0 saturated carbocycles. The third-order valence-electron chi connectivity index (χ3n) is 3.39. The number of carbonyl (C=O) groups excluding carboxylic acids is 2. The Hall–Kier alpha value is -1.91. The van der Waals surface area contributed by atoms with Gasteiger partial charge in [-0.05, 0) is 30.0 Å². The van der Waals surface area contributed by atoms with Gasteiger partial charge in [-0.3, -0.25) is 9.59 Å². The zero-order chi connectivity index (χ0) is 13.8. The maximum absolute atomic E-state index is 13.2. The molecule has 0 spiro atoms. The molecule has 4 nitrogen and oxygen atoms in total. The highest BCUT2D eigenvalue weighted by Gasteiger charge is 2.28. The summed E-state index contributed by atoms with van der Waals surface area (Å²) in [7, 11) is 1.30. The molecular formula is C14H16FNO3. The summed E-state index contributed by atoms with van der Waals surface area (Å²) in [6.07, 6.45) is 1.03. The van der Waals surface area contributed by atoms with Crippen LogP contribution in [0.1, 0.15) is 24.3 Å². The molecule has 2 rings (SSSR count).